The normalized spacial score (nSPS) is 10.6. The summed E-state index contributed by atoms with van der Waals surface area (Å²) >= 11 is 0. The Kier molecular flexibility index (Phi) is 5.42. The van der Waals surface area contributed by atoms with E-state index in [-0.39, 0.29) is 0 Å². The lowest BCUT2D eigenvalue weighted by molar-refractivity contribution is 0.000851. The van der Waals surface area contributed by atoms with Gasteiger partial charge in [0.25, 0.3) is 0 Å². The summed E-state index contributed by atoms with van der Waals surface area (Å²) in [5.74, 6) is 1.21. The monoisotopic (exact) mass is 334 g/mol. The van der Waals surface area contributed by atoms with Crippen molar-refractivity contribution in [3.05, 3.63) is 84.4 Å². The predicted octanol–water partition coefficient (Wildman–Crippen LogP) is 4.27. The average molecular weight is 334 g/mol. The maximum atomic E-state index is 6.02. The Hall–Kier alpha value is -3.14. The zero-order valence-corrected chi connectivity index (χ0v) is 14.0. The van der Waals surface area contributed by atoms with E-state index in [1.54, 1.807) is 12.1 Å². The fourth-order valence-corrected chi connectivity index (χ4v) is 2.53. The molecule has 0 bridgehead atoms. The van der Waals surface area contributed by atoms with E-state index in [0.29, 0.717) is 29.3 Å². The molecule has 4 N–H and O–H groups in total. The molecule has 25 heavy (non-hydrogen) atoms. The molecule has 128 valence electrons. The highest BCUT2D eigenvalue weighted by molar-refractivity contribution is 5.53. The highest BCUT2D eigenvalue weighted by Gasteiger charge is 2.15. The average Bonchev–Trinajstić information content (AvgIpc) is 2.64. The van der Waals surface area contributed by atoms with Gasteiger partial charge >= 0.3 is 0 Å². The minimum atomic E-state index is -0.491. The van der Waals surface area contributed by atoms with Crippen molar-refractivity contribution in [1.82, 2.24) is 0 Å². The number of benzene rings is 3. The highest BCUT2D eigenvalue weighted by Crippen LogP contribution is 2.26. The molecule has 0 heterocycles. The number of hydrogen-bond acceptors (Lipinski definition) is 4. The second kappa shape index (κ2) is 8.11. The van der Waals surface area contributed by atoms with E-state index >= 15 is 0 Å². The van der Waals surface area contributed by atoms with Gasteiger partial charge in [-0.2, -0.15) is 0 Å². The zero-order valence-electron chi connectivity index (χ0n) is 14.0. The maximum absolute atomic E-state index is 6.02. The van der Waals surface area contributed by atoms with Crippen LogP contribution >= 0.6 is 0 Å². The van der Waals surface area contributed by atoms with Gasteiger partial charge in [-0.3, -0.25) is 0 Å². The molecule has 3 rings (SSSR count). The molecule has 0 aliphatic heterocycles. The van der Waals surface area contributed by atoms with Crippen molar-refractivity contribution in [2.24, 2.45) is 0 Å². The Morgan fingerprint density at radius 1 is 0.640 bits per heavy atom. The van der Waals surface area contributed by atoms with Crippen molar-refractivity contribution in [2.45, 2.75) is 19.1 Å². The molecule has 0 unspecified atom stereocenters. The SMILES string of the molecule is Nc1ccccc1OC(CCc1ccccc1)Oc1ccccc1N. The fraction of sp³-hybridized carbons (Fsp3) is 0.143. The second-order valence-corrected chi connectivity index (χ2v) is 5.77. The molecular formula is C21H22N2O2. The van der Waals surface area contributed by atoms with Crippen LogP contribution in [0, 0.1) is 0 Å². The number of anilines is 2. The first-order valence-electron chi connectivity index (χ1n) is 8.28. The third-order valence-electron chi connectivity index (χ3n) is 3.87. The van der Waals surface area contributed by atoms with Crippen molar-refractivity contribution in [1.29, 1.82) is 0 Å². The van der Waals surface area contributed by atoms with E-state index in [0.717, 1.165) is 6.42 Å². The fourth-order valence-electron chi connectivity index (χ4n) is 2.53. The molecule has 0 spiro atoms. The molecule has 0 saturated heterocycles. The van der Waals surface area contributed by atoms with Gasteiger partial charge in [0.2, 0.25) is 6.29 Å². The van der Waals surface area contributed by atoms with Gasteiger partial charge in [0.05, 0.1) is 11.4 Å². The molecule has 4 nitrogen and oxygen atoms in total. The van der Waals surface area contributed by atoms with E-state index in [9.17, 15) is 0 Å². The molecule has 0 aliphatic rings. The number of ether oxygens (including phenoxy) is 2. The molecule has 3 aromatic carbocycles. The zero-order chi connectivity index (χ0) is 17.5. The van der Waals surface area contributed by atoms with E-state index < -0.39 is 6.29 Å². The molecule has 0 saturated carbocycles. The second-order valence-electron chi connectivity index (χ2n) is 5.77. The minimum absolute atomic E-state index is 0.491. The maximum Gasteiger partial charge on any atom is 0.241 e. The van der Waals surface area contributed by atoms with Crippen LogP contribution in [0.15, 0.2) is 78.9 Å². The number of nitrogens with two attached hydrogens (primary N) is 2. The highest BCUT2D eigenvalue weighted by atomic mass is 16.7. The summed E-state index contributed by atoms with van der Waals surface area (Å²) in [4.78, 5) is 0. The first-order valence-corrected chi connectivity index (χ1v) is 8.28. The van der Waals surface area contributed by atoms with Crippen LogP contribution < -0.4 is 20.9 Å². The summed E-state index contributed by atoms with van der Waals surface area (Å²) in [5.41, 5.74) is 14.4. The van der Waals surface area contributed by atoms with Crippen LogP contribution in [0.25, 0.3) is 0 Å². The molecular weight excluding hydrogens is 312 g/mol. The summed E-state index contributed by atoms with van der Waals surface area (Å²) in [6.45, 7) is 0. The number of nitrogen functional groups attached to an aromatic ring is 2. The molecule has 0 atom stereocenters. The third-order valence-corrected chi connectivity index (χ3v) is 3.87. The molecule has 0 radical (unpaired) electrons. The van der Waals surface area contributed by atoms with Crippen LogP contribution in [0.1, 0.15) is 12.0 Å². The van der Waals surface area contributed by atoms with E-state index in [2.05, 4.69) is 12.1 Å². The molecule has 4 heteroatoms. The molecule has 0 amide bonds. The molecule has 3 aromatic rings. The number of rotatable bonds is 7. The number of aryl methyl sites for hydroxylation is 1. The van der Waals surface area contributed by atoms with Gasteiger partial charge in [0.1, 0.15) is 11.5 Å². The number of hydrogen-bond donors (Lipinski definition) is 2. The lowest BCUT2D eigenvalue weighted by Crippen LogP contribution is -2.25. The lowest BCUT2D eigenvalue weighted by atomic mass is 10.1. The number of para-hydroxylation sites is 4. The van der Waals surface area contributed by atoms with Crippen LogP contribution in [0.2, 0.25) is 0 Å². The van der Waals surface area contributed by atoms with Gasteiger partial charge in [-0.25, -0.2) is 0 Å². The van der Waals surface area contributed by atoms with E-state index in [1.165, 1.54) is 5.56 Å². The van der Waals surface area contributed by atoms with Gasteiger partial charge in [-0.05, 0) is 36.2 Å². The Labute approximate surface area is 148 Å². The van der Waals surface area contributed by atoms with Crippen molar-refractivity contribution < 1.29 is 9.47 Å². The predicted molar refractivity (Wildman–Crippen MR) is 102 cm³/mol. The van der Waals surface area contributed by atoms with E-state index in [4.69, 9.17) is 20.9 Å². The summed E-state index contributed by atoms with van der Waals surface area (Å²) in [5, 5.41) is 0. The molecule has 0 fully saturated rings. The molecule has 0 aliphatic carbocycles. The van der Waals surface area contributed by atoms with Crippen molar-refractivity contribution in [2.75, 3.05) is 11.5 Å². The summed E-state index contributed by atoms with van der Waals surface area (Å²) in [7, 11) is 0. The summed E-state index contributed by atoms with van der Waals surface area (Å²) in [6, 6.07) is 25.0. The standard InChI is InChI=1S/C21H22N2O2/c22-17-10-4-6-12-19(17)24-21(15-14-16-8-2-1-3-9-16)25-20-13-7-5-11-18(20)23/h1-13,21H,14-15,22-23H2. The molecule has 0 aromatic heterocycles. The van der Waals surface area contributed by atoms with Crippen LogP contribution in [0.3, 0.4) is 0 Å². The Morgan fingerprint density at radius 3 is 1.64 bits per heavy atom. The summed E-state index contributed by atoms with van der Waals surface area (Å²) in [6.07, 6.45) is 1.01. The van der Waals surface area contributed by atoms with Gasteiger partial charge in [0.15, 0.2) is 0 Å². The largest absolute Gasteiger partial charge is 0.453 e. The Morgan fingerprint density at radius 2 is 1.12 bits per heavy atom. The van der Waals surface area contributed by atoms with Crippen LogP contribution in [-0.2, 0) is 6.42 Å². The van der Waals surface area contributed by atoms with Crippen LogP contribution in [-0.4, -0.2) is 6.29 Å². The van der Waals surface area contributed by atoms with Crippen LogP contribution in [0.4, 0.5) is 11.4 Å². The topological polar surface area (TPSA) is 70.5 Å². The van der Waals surface area contributed by atoms with Gasteiger partial charge in [0, 0.05) is 6.42 Å². The first-order chi connectivity index (χ1) is 12.2. The van der Waals surface area contributed by atoms with Gasteiger partial charge in [-0.15, -0.1) is 0 Å². The van der Waals surface area contributed by atoms with Gasteiger partial charge < -0.3 is 20.9 Å². The third kappa shape index (κ3) is 4.67. The van der Waals surface area contributed by atoms with Gasteiger partial charge in [-0.1, -0.05) is 54.6 Å². The smallest absolute Gasteiger partial charge is 0.241 e. The summed E-state index contributed by atoms with van der Waals surface area (Å²) < 4.78 is 12.0. The van der Waals surface area contributed by atoms with Crippen molar-refractivity contribution >= 4 is 11.4 Å². The lowest BCUT2D eigenvalue weighted by Gasteiger charge is -2.22. The quantitative estimate of drug-likeness (QED) is 0.500. The Balaban J connectivity index is 1.75. The van der Waals surface area contributed by atoms with Crippen molar-refractivity contribution in [3.63, 3.8) is 0 Å². The van der Waals surface area contributed by atoms with E-state index in [1.807, 2.05) is 54.6 Å². The first kappa shape index (κ1) is 16.7. The van der Waals surface area contributed by atoms with Crippen molar-refractivity contribution in [3.8, 4) is 11.5 Å². The van der Waals surface area contributed by atoms with Crippen LogP contribution in [0.5, 0.6) is 11.5 Å². The Bertz CT molecular complexity index is 758. The minimum Gasteiger partial charge on any atom is -0.453 e.